The lowest BCUT2D eigenvalue weighted by Crippen LogP contribution is -2.44. The number of carbonyl (C=O) groups excluding carboxylic acids is 1. The van der Waals surface area contributed by atoms with E-state index in [1.165, 1.54) is 0 Å². The van der Waals surface area contributed by atoms with Crippen molar-refractivity contribution in [3.63, 3.8) is 0 Å². The van der Waals surface area contributed by atoms with E-state index >= 15 is 0 Å². The number of fused-ring (bicyclic) bond motifs is 1. The van der Waals surface area contributed by atoms with Crippen molar-refractivity contribution in [1.82, 2.24) is 9.21 Å². The summed E-state index contributed by atoms with van der Waals surface area (Å²) < 4.78 is 64.2. The van der Waals surface area contributed by atoms with Crippen molar-refractivity contribution in [2.75, 3.05) is 32.8 Å². The molecular weight excluding hydrogens is 441 g/mol. The number of carboxylic acids is 1. The van der Waals surface area contributed by atoms with E-state index in [1.54, 1.807) is 4.31 Å². The Labute approximate surface area is 180 Å². The van der Waals surface area contributed by atoms with E-state index in [4.69, 9.17) is 14.6 Å². The molecule has 31 heavy (non-hydrogen) atoms. The molecule has 2 aliphatic heterocycles. The summed E-state index contributed by atoms with van der Waals surface area (Å²) in [6, 6.07) is 0.344. The molecule has 0 aromatic carbocycles. The van der Waals surface area contributed by atoms with Gasteiger partial charge in [-0.2, -0.15) is 13.2 Å². The Morgan fingerprint density at radius 3 is 2.26 bits per heavy atom. The Bertz CT molecular complexity index is 769. The zero-order chi connectivity index (χ0) is 23.6. The first kappa shape index (κ1) is 25.9. The van der Waals surface area contributed by atoms with Gasteiger partial charge >= 0.3 is 18.1 Å². The summed E-state index contributed by atoms with van der Waals surface area (Å²) in [5.41, 5.74) is -0.548. The Kier molecular flexibility index (Phi) is 8.02. The van der Waals surface area contributed by atoms with Crippen molar-refractivity contribution in [3.05, 3.63) is 0 Å². The number of esters is 1. The van der Waals surface area contributed by atoms with Gasteiger partial charge in [0, 0.05) is 38.1 Å². The fourth-order valence-electron chi connectivity index (χ4n) is 4.25. The molecule has 0 spiro atoms. The van der Waals surface area contributed by atoms with E-state index in [1.807, 2.05) is 6.92 Å². The number of likely N-dealkylation sites (tertiary alicyclic amines) is 1. The van der Waals surface area contributed by atoms with Crippen molar-refractivity contribution >= 4 is 22.0 Å². The highest BCUT2D eigenvalue weighted by molar-refractivity contribution is 7.90. The molecule has 3 fully saturated rings. The van der Waals surface area contributed by atoms with Crippen LogP contribution in [0.5, 0.6) is 0 Å². The number of halogens is 3. The number of rotatable bonds is 5. The zero-order valence-electron chi connectivity index (χ0n) is 18.0. The van der Waals surface area contributed by atoms with E-state index in [2.05, 4.69) is 18.7 Å². The van der Waals surface area contributed by atoms with Crippen LogP contribution in [0.2, 0.25) is 0 Å². The molecule has 8 nitrogen and oxygen atoms in total. The first-order valence-electron chi connectivity index (χ1n) is 10.5. The molecule has 2 atom stereocenters. The summed E-state index contributed by atoms with van der Waals surface area (Å²) >= 11 is 0. The Morgan fingerprint density at radius 1 is 1.23 bits per heavy atom. The third kappa shape index (κ3) is 5.89. The molecule has 1 N–H and O–H groups in total. The second-order valence-electron chi connectivity index (χ2n) is 8.61. The molecule has 180 valence electrons. The van der Waals surface area contributed by atoms with Gasteiger partial charge in [-0.3, -0.25) is 9.69 Å². The van der Waals surface area contributed by atoms with E-state index in [9.17, 15) is 26.4 Å². The number of nitrogens with zero attached hydrogens (tertiary/aromatic N) is 2. The smallest absolute Gasteiger partial charge is 0.475 e. The summed E-state index contributed by atoms with van der Waals surface area (Å²) in [7, 11) is -3.19. The molecule has 0 unspecified atom stereocenters. The number of hydrogen-bond acceptors (Lipinski definition) is 6. The lowest BCUT2D eigenvalue weighted by atomic mass is 9.75. The van der Waals surface area contributed by atoms with Crippen molar-refractivity contribution in [2.24, 2.45) is 11.3 Å². The van der Waals surface area contributed by atoms with Gasteiger partial charge in [0.05, 0.1) is 17.3 Å². The van der Waals surface area contributed by atoms with Crippen LogP contribution in [0.1, 0.15) is 46.5 Å². The van der Waals surface area contributed by atoms with E-state index in [-0.39, 0.29) is 17.1 Å². The third-order valence-corrected chi connectivity index (χ3v) is 8.50. The van der Waals surface area contributed by atoms with Gasteiger partial charge in [-0.25, -0.2) is 17.5 Å². The number of carboxylic acid groups (broad SMARTS) is 1. The average Bonchev–Trinajstić information content (AvgIpc) is 3.46. The van der Waals surface area contributed by atoms with Crippen LogP contribution in [0, 0.1) is 11.3 Å². The number of ether oxygens (including phenoxy) is 1. The third-order valence-electron chi connectivity index (χ3n) is 6.14. The summed E-state index contributed by atoms with van der Waals surface area (Å²) in [5, 5.41) is 6.94. The highest BCUT2D eigenvalue weighted by Crippen LogP contribution is 2.45. The predicted octanol–water partition coefficient (Wildman–Crippen LogP) is 2.10. The molecule has 2 saturated heterocycles. The van der Waals surface area contributed by atoms with Crippen molar-refractivity contribution in [2.45, 2.75) is 63.9 Å². The number of hydrogen-bond donors (Lipinski definition) is 1. The van der Waals surface area contributed by atoms with Crippen molar-refractivity contribution in [1.29, 1.82) is 0 Å². The predicted molar refractivity (Wildman–Crippen MR) is 106 cm³/mol. The van der Waals surface area contributed by atoms with Gasteiger partial charge in [0.1, 0.15) is 0 Å². The summed E-state index contributed by atoms with van der Waals surface area (Å²) in [5.74, 6) is -2.87. The van der Waals surface area contributed by atoms with E-state index in [0.29, 0.717) is 32.3 Å². The molecule has 3 aliphatic rings. The average molecular weight is 473 g/mol. The first-order chi connectivity index (χ1) is 14.3. The second-order valence-corrected chi connectivity index (χ2v) is 10.8. The van der Waals surface area contributed by atoms with E-state index in [0.717, 1.165) is 32.2 Å². The number of carbonyl (C=O) groups is 2. The standard InChI is InChI=1S/C17H30N2O4S.C2HF3O2/c1-4-23-16(20)17-8-5-9-19(24(21,22)15-6-7-15)11-14(17)10-18(12-17)13(2)3;3-2(4,5)1(6)7/h13-15H,4-12H2,1-3H3;(H,6,7)/t14-,17+;/m1./s1. The monoisotopic (exact) mass is 472 g/mol. The minimum Gasteiger partial charge on any atom is -0.475 e. The van der Waals surface area contributed by atoms with Crippen LogP contribution < -0.4 is 0 Å². The maximum absolute atomic E-state index is 12.8. The van der Waals surface area contributed by atoms with E-state index < -0.39 is 27.6 Å². The normalized spacial score (nSPS) is 27.8. The fraction of sp³-hybridized carbons (Fsp3) is 0.895. The van der Waals surface area contributed by atoms with Crippen LogP contribution in [0.3, 0.4) is 0 Å². The topological polar surface area (TPSA) is 104 Å². The molecule has 0 radical (unpaired) electrons. The minimum absolute atomic E-state index is 0.0231. The molecular formula is C19H31F3N2O6S. The van der Waals surface area contributed by atoms with Gasteiger partial charge < -0.3 is 9.84 Å². The zero-order valence-corrected chi connectivity index (χ0v) is 18.8. The maximum Gasteiger partial charge on any atom is 0.490 e. The van der Waals surface area contributed by atoms with Crippen LogP contribution in [0.4, 0.5) is 13.2 Å². The SMILES string of the molecule is CCOC(=O)[C@]12CCCN(S(=O)(=O)C3CC3)C[C@H]1CN(C(C)C)C2.O=C(O)C(F)(F)F. The minimum atomic E-state index is -5.08. The molecule has 0 aromatic heterocycles. The number of aliphatic carboxylic acids is 1. The summed E-state index contributed by atoms with van der Waals surface area (Å²) in [6.45, 7) is 8.92. The van der Waals surface area contributed by atoms with Gasteiger partial charge in [-0.05, 0) is 46.5 Å². The summed E-state index contributed by atoms with van der Waals surface area (Å²) in [6.07, 6.45) is -2.07. The Balaban J connectivity index is 0.000000423. The Morgan fingerprint density at radius 2 is 1.81 bits per heavy atom. The molecule has 0 bridgehead atoms. The molecule has 1 saturated carbocycles. The molecule has 0 amide bonds. The lowest BCUT2D eigenvalue weighted by Gasteiger charge is -2.31. The molecule has 1 aliphatic carbocycles. The second kappa shape index (κ2) is 9.62. The Hall–Kier alpha value is -1.40. The van der Waals surface area contributed by atoms with Crippen molar-refractivity contribution in [3.8, 4) is 0 Å². The van der Waals surface area contributed by atoms with Gasteiger partial charge in [-0.1, -0.05) is 0 Å². The molecule has 3 rings (SSSR count). The van der Waals surface area contributed by atoms with Crippen LogP contribution >= 0.6 is 0 Å². The van der Waals surface area contributed by atoms with Gasteiger partial charge in [-0.15, -0.1) is 0 Å². The van der Waals surface area contributed by atoms with Gasteiger partial charge in [0.25, 0.3) is 0 Å². The molecule has 2 heterocycles. The summed E-state index contributed by atoms with van der Waals surface area (Å²) in [4.78, 5) is 24.0. The van der Waals surface area contributed by atoms with Crippen LogP contribution in [0.25, 0.3) is 0 Å². The van der Waals surface area contributed by atoms with Gasteiger partial charge in [0.15, 0.2) is 0 Å². The fourth-order valence-corrected chi connectivity index (χ4v) is 6.17. The van der Waals surface area contributed by atoms with Crippen LogP contribution in [-0.2, 0) is 24.3 Å². The maximum atomic E-state index is 12.8. The van der Waals surface area contributed by atoms with Gasteiger partial charge in [0.2, 0.25) is 10.0 Å². The quantitative estimate of drug-likeness (QED) is 0.611. The lowest BCUT2D eigenvalue weighted by molar-refractivity contribution is -0.192. The first-order valence-corrected chi connectivity index (χ1v) is 12.0. The molecule has 0 aromatic rings. The highest BCUT2D eigenvalue weighted by atomic mass is 32.2. The van der Waals surface area contributed by atoms with Crippen LogP contribution in [-0.4, -0.2) is 84.9 Å². The highest BCUT2D eigenvalue weighted by Gasteiger charge is 2.56. The van der Waals surface area contributed by atoms with Crippen molar-refractivity contribution < 1.29 is 41.0 Å². The largest absolute Gasteiger partial charge is 0.490 e. The molecule has 12 heteroatoms. The number of alkyl halides is 3. The number of sulfonamides is 1. The van der Waals surface area contributed by atoms with Crippen LogP contribution in [0.15, 0.2) is 0 Å².